The van der Waals surface area contributed by atoms with E-state index in [0.717, 1.165) is 57.4 Å². The summed E-state index contributed by atoms with van der Waals surface area (Å²) in [6.45, 7) is 0. The Morgan fingerprint density at radius 1 is 0.345 bits per heavy atom. The minimum Gasteiger partial charge on any atom is -0.209 e. The second kappa shape index (κ2) is 14.2. The third kappa shape index (κ3) is 6.47. The monoisotopic (exact) mass is 721 g/mol. The zero-order valence-corrected chi connectivity index (χ0v) is 30.9. The highest BCUT2D eigenvalue weighted by atomic mass is 32.1. The Balaban J connectivity index is 1.14. The van der Waals surface area contributed by atoms with Crippen molar-refractivity contribution in [2.45, 2.75) is 12.8 Å². The van der Waals surface area contributed by atoms with Crippen molar-refractivity contribution in [2.24, 2.45) is 0 Å². The van der Waals surface area contributed by atoms with Crippen molar-refractivity contribution in [1.82, 2.24) is 15.0 Å². The second-order valence-electron chi connectivity index (χ2n) is 13.9. The maximum absolute atomic E-state index is 5.27. The molecule has 0 saturated carbocycles. The first-order chi connectivity index (χ1) is 27.2. The minimum atomic E-state index is 0.658. The Labute approximate surface area is 324 Å². The van der Waals surface area contributed by atoms with E-state index in [-0.39, 0.29) is 0 Å². The van der Waals surface area contributed by atoms with Gasteiger partial charge in [0.1, 0.15) is 0 Å². The Bertz CT molecular complexity index is 2850. The molecule has 10 rings (SSSR count). The molecule has 4 heteroatoms. The van der Waals surface area contributed by atoms with Crippen LogP contribution in [0, 0.1) is 0 Å². The van der Waals surface area contributed by atoms with Gasteiger partial charge in [-0.25, -0.2) is 15.0 Å². The van der Waals surface area contributed by atoms with Crippen LogP contribution in [0.1, 0.15) is 24.2 Å². The van der Waals surface area contributed by atoms with Crippen molar-refractivity contribution in [3.8, 4) is 56.2 Å². The number of thiophene rings is 1. The largest absolute Gasteiger partial charge is 0.209 e. The average Bonchev–Trinajstić information content (AvgIpc) is 3.66. The number of nitrogens with zero attached hydrogens (tertiary/aromatic N) is 3. The van der Waals surface area contributed by atoms with Crippen LogP contribution in [-0.4, -0.2) is 15.0 Å². The van der Waals surface area contributed by atoms with Crippen LogP contribution >= 0.6 is 11.3 Å². The third-order valence-electron chi connectivity index (χ3n) is 10.5. The van der Waals surface area contributed by atoms with E-state index < -0.39 is 0 Å². The summed E-state index contributed by atoms with van der Waals surface area (Å²) in [4.78, 5) is 15.7. The van der Waals surface area contributed by atoms with Gasteiger partial charge in [0.2, 0.25) is 0 Å². The number of rotatable bonds is 7. The molecule has 7 aromatic carbocycles. The molecule has 0 N–H and O–H groups in total. The second-order valence-corrected chi connectivity index (χ2v) is 15.0. The molecule has 2 heterocycles. The molecule has 0 fully saturated rings. The SMILES string of the molecule is C1=C(c2ccccc2)CCC(c2nc(-c3cc(-c4ccccc4)cc(-c4ccccc4)c3)nc(-c3cccc(-c4cccc5c4sc4ccccc45)c3)n2)=C1. The quantitative estimate of drug-likeness (QED) is 0.164. The predicted molar refractivity (Wildman–Crippen MR) is 232 cm³/mol. The molecule has 55 heavy (non-hydrogen) atoms. The average molecular weight is 722 g/mol. The summed E-state index contributed by atoms with van der Waals surface area (Å²) >= 11 is 1.85. The standard InChI is InChI=1S/C51H35N3S/c1-4-14-34(15-5-1)37-26-28-38(29-27-37)49-52-50(40-21-12-20-39(30-40)44-23-13-24-46-45-22-10-11-25-47(45)55-48(44)46)54-51(53-49)43-32-41(35-16-6-2-7-17-35)31-42(33-43)36-18-8-3-9-19-36/h1-26,28,30-33H,27,29H2. The van der Waals surface area contributed by atoms with E-state index in [4.69, 9.17) is 15.0 Å². The van der Waals surface area contributed by atoms with Gasteiger partial charge in [0, 0.05) is 31.3 Å². The number of allylic oxidation sites excluding steroid dienone is 4. The summed E-state index contributed by atoms with van der Waals surface area (Å²) in [5.74, 6) is 2.04. The Kier molecular flexibility index (Phi) is 8.51. The molecule has 0 bridgehead atoms. The van der Waals surface area contributed by atoms with E-state index >= 15 is 0 Å². The zero-order chi connectivity index (χ0) is 36.6. The lowest BCUT2D eigenvalue weighted by Crippen LogP contribution is -2.05. The lowest BCUT2D eigenvalue weighted by atomic mass is 9.93. The van der Waals surface area contributed by atoms with Gasteiger partial charge in [-0.3, -0.25) is 0 Å². The van der Waals surface area contributed by atoms with E-state index in [1.54, 1.807) is 0 Å². The van der Waals surface area contributed by atoms with E-state index in [9.17, 15) is 0 Å². The van der Waals surface area contributed by atoms with E-state index in [2.05, 4.69) is 188 Å². The maximum atomic E-state index is 5.27. The molecule has 0 amide bonds. The van der Waals surface area contributed by atoms with Gasteiger partial charge in [0.25, 0.3) is 0 Å². The molecular weight excluding hydrogens is 687 g/mol. The van der Waals surface area contributed by atoms with Crippen LogP contribution < -0.4 is 0 Å². The molecule has 0 unspecified atom stereocenters. The topological polar surface area (TPSA) is 38.7 Å². The summed E-state index contributed by atoms with van der Waals surface area (Å²) in [6, 6.07) is 62.4. The molecule has 9 aromatic rings. The van der Waals surface area contributed by atoms with Crippen LogP contribution in [0.15, 0.2) is 188 Å². The fourth-order valence-corrected chi connectivity index (χ4v) is 8.88. The molecule has 1 aliphatic rings. The first kappa shape index (κ1) is 32.9. The van der Waals surface area contributed by atoms with Crippen molar-refractivity contribution >= 4 is 42.7 Å². The first-order valence-corrected chi connectivity index (χ1v) is 19.5. The molecule has 0 spiro atoms. The van der Waals surface area contributed by atoms with Gasteiger partial charge in [0.05, 0.1) is 0 Å². The summed E-state index contributed by atoms with van der Waals surface area (Å²) in [6.07, 6.45) is 6.19. The molecule has 0 atom stereocenters. The highest BCUT2D eigenvalue weighted by Crippen LogP contribution is 2.41. The molecule has 0 aliphatic heterocycles. The van der Waals surface area contributed by atoms with Crippen molar-refractivity contribution in [3.05, 3.63) is 199 Å². The van der Waals surface area contributed by atoms with Crippen LogP contribution in [0.5, 0.6) is 0 Å². The smallest absolute Gasteiger partial charge is 0.164 e. The van der Waals surface area contributed by atoms with Crippen LogP contribution in [0.25, 0.3) is 87.5 Å². The predicted octanol–water partition coefficient (Wildman–Crippen LogP) is 13.8. The normalized spacial score (nSPS) is 12.8. The van der Waals surface area contributed by atoms with Crippen molar-refractivity contribution in [1.29, 1.82) is 0 Å². The summed E-state index contributed by atoms with van der Waals surface area (Å²) < 4.78 is 2.59. The Morgan fingerprint density at radius 3 is 1.53 bits per heavy atom. The first-order valence-electron chi connectivity index (χ1n) is 18.7. The summed E-state index contributed by atoms with van der Waals surface area (Å²) in [5, 5.41) is 2.58. The number of aromatic nitrogens is 3. The minimum absolute atomic E-state index is 0.658. The van der Waals surface area contributed by atoms with Gasteiger partial charge in [-0.2, -0.15) is 0 Å². The molecule has 260 valence electrons. The van der Waals surface area contributed by atoms with Crippen molar-refractivity contribution in [2.75, 3.05) is 0 Å². The van der Waals surface area contributed by atoms with Crippen LogP contribution in [-0.2, 0) is 0 Å². The zero-order valence-electron chi connectivity index (χ0n) is 30.1. The van der Waals surface area contributed by atoms with E-state index in [1.807, 2.05) is 11.3 Å². The van der Waals surface area contributed by atoms with E-state index in [0.29, 0.717) is 17.5 Å². The van der Waals surface area contributed by atoms with Gasteiger partial charge in [-0.1, -0.05) is 158 Å². The van der Waals surface area contributed by atoms with Gasteiger partial charge in [-0.15, -0.1) is 11.3 Å². The van der Waals surface area contributed by atoms with Gasteiger partial charge < -0.3 is 0 Å². The summed E-state index contributed by atoms with van der Waals surface area (Å²) in [7, 11) is 0. The molecule has 0 radical (unpaired) electrons. The Hall–Kier alpha value is -6.75. The van der Waals surface area contributed by atoms with Crippen LogP contribution in [0.3, 0.4) is 0 Å². The van der Waals surface area contributed by atoms with Crippen LogP contribution in [0.2, 0.25) is 0 Å². The highest BCUT2D eigenvalue weighted by molar-refractivity contribution is 7.26. The fraction of sp³-hybridized carbons (Fsp3) is 0.0392. The lowest BCUT2D eigenvalue weighted by Gasteiger charge is -2.16. The summed E-state index contributed by atoms with van der Waals surface area (Å²) in [5.41, 5.74) is 12.5. The van der Waals surface area contributed by atoms with Crippen LogP contribution in [0.4, 0.5) is 0 Å². The van der Waals surface area contributed by atoms with Gasteiger partial charge in [-0.05, 0) is 93.3 Å². The fourth-order valence-electron chi connectivity index (χ4n) is 7.65. The molecule has 0 saturated heterocycles. The molecule has 3 nitrogen and oxygen atoms in total. The molecular formula is C51H35N3S. The number of hydrogen-bond donors (Lipinski definition) is 0. The number of hydrogen-bond acceptors (Lipinski definition) is 4. The lowest BCUT2D eigenvalue weighted by molar-refractivity contribution is 0.985. The molecule has 2 aromatic heterocycles. The highest BCUT2D eigenvalue weighted by Gasteiger charge is 2.19. The maximum Gasteiger partial charge on any atom is 0.164 e. The van der Waals surface area contributed by atoms with Gasteiger partial charge >= 0.3 is 0 Å². The third-order valence-corrected chi connectivity index (χ3v) is 11.7. The number of fused-ring (bicyclic) bond motifs is 3. The molecule has 1 aliphatic carbocycles. The Morgan fingerprint density at radius 2 is 0.836 bits per heavy atom. The van der Waals surface area contributed by atoms with E-state index in [1.165, 1.54) is 36.9 Å². The van der Waals surface area contributed by atoms with Crippen molar-refractivity contribution < 1.29 is 0 Å². The number of benzene rings is 7. The van der Waals surface area contributed by atoms with Crippen molar-refractivity contribution in [3.63, 3.8) is 0 Å². The van der Waals surface area contributed by atoms with Gasteiger partial charge in [0.15, 0.2) is 17.5 Å².